The van der Waals surface area contributed by atoms with Gasteiger partial charge in [-0.2, -0.15) is 0 Å². The Kier molecular flexibility index (Phi) is 6.67. The second-order valence-corrected chi connectivity index (χ2v) is 6.85. The molecule has 0 spiro atoms. The average Bonchev–Trinajstić information content (AvgIpc) is 2.79. The molecule has 1 amide bonds. The average molecular weight is 333 g/mol. The molecular formula is C20H31NO3. The number of methoxy groups -OCH3 is 1. The molecule has 4 nitrogen and oxygen atoms in total. The number of rotatable bonds is 6. The highest BCUT2D eigenvalue weighted by Crippen LogP contribution is 2.33. The standard InChI is InChI=1S/C20H31NO3/c1-5-12-24-20(10-8-6-7-9-11-20)19(22)21-17-13-15(2)18(23-4)16(3)14-17/h13-14H,5-12H2,1-4H3,(H,21,22). The van der Waals surface area contributed by atoms with E-state index in [2.05, 4.69) is 12.2 Å². The minimum Gasteiger partial charge on any atom is -0.496 e. The second-order valence-electron chi connectivity index (χ2n) is 6.85. The number of carbonyl (C=O) groups is 1. The van der Waals surface area contributed by atoms with Gasteiger partial charge < -0.3 is 14.8 Å². The van der Waals surface area contributed by atoms with Gasteiger partial charge in [0, 0.05) is 12.3 Å². The van der Waals surface area contributed by atoms with Gasteiger partial charge in [0.05, 0.1) is 7.11 Å². The van der Waals surface area contributed by atoms with Crippen molar-refractivity contribution in [2.24, 2.45) is 0 Å². The fraction of sp³-hybridized carbons (Fsp3) is 0.650. The molecule has 4 heteroatoms. The minimum atomic E-state index is -0.672. The number of hydrogen-bond acceptors (Lipinski definition) is 3. The van der Waals surface area contributed by atoms with Gasteiger partial charge in [-0.15, -0.1) is 0 Å². The molecule has 0 unspecified atom stereocenters. The molecule has 1 N–H and O–H groups in total. The van der Waals surface area contributed by atoms with Crippen LogP contribution in [0.2, 0.25) is 0 Å². The molecule has 0 radical (unpaired) electrons. The molecule has 1 aromatic carbocycles. The van der Waals surface area contributed by atoms with Crippen molar-refractivity contribution in [2.75, 3.05) is 19.0 Å². The first kappa shape index (κ1) is 18.8. The van der Waals surface area contributed by atoms with E-state index in [4.69, 9.17) is 9.47 Å². The van der Waals surface area contributed by atoms with E-state index in [-0.39, 0.29) is 5.91 Å². The van der Waals surface area contributed by atoms with E-state index in [0.29, 0.717) is 6.61 Å². The summed E-state index contributed by atoms with van der Waals surface area (Å²) in [5, 5.41) is 3.10. The summed E-state index contributed by atoms with van der Waals surface area (Å²) in [7, 11) is 1.67. The molecule has 0 aliphatic heterocycles. The van der Waals surface area contributed by atoms with Crippen molar-refractivity contribution in [1.82, 2.24) is 0 Å². The van der Waals surface area contributed by atoms with Crippen LogP contribution in [0, 0.1) is 13.8 Å². The van der Waals surface area contributed by atoms with Gasteiger partial charge in [0.2, 0.25) is 0 Å². The van der Waals surface area contributed by atoms with E-state index in [1.54, 1.807) is 7.11 Å². The number of ether oxygens (including phenoxy) is 2. The van der Waals surface area contributed by atoms with Gasteiger partial charge in [-0.05, 0) is 56.4 Å². The first-order chi connectivity index (χ1) is 11.5. The number of anilines is 1. The van der Waals surface area contributed by atoms with E-state index in [1.165, 1.54) is 12.8 Å². The Morgan fingerprint density at radius 3 is 2.21 bits per heavy atom. The predicted molar refractivity (Wildman–Crippen MR) is 97.8 cm³/mol. The molecule has 0 heterocycles. The molecule has 1 aliphatic carbocycles. The molecule has 24 heavy (non-hydrogen) atoms. The fourth-order valence-corrected chi connectivity index (χ4v) is 3.62. The van der Waals surface area contributed by atoms with Crippen LogP contribution in [0.1, 0.15) is 63.0 Å². The summed E-state index contributed by atoms with van der Waals surface area (Å²) in [4.78, 5) is 13.1. The summed E-state index contributed by atoms with van der Waals surface area (Å²) in [6.07, 6.45) is 7.03. The summed E-state index contributed by atoms with van der Waals surface area (Å²) in [6.45, 7) is 6.71. The molecule has 0 saturated heterocycles. The third kappa shape index (κ3) is 4.29. The second kappa shape index (κ2) is 8.52. The zero-order valence-corrected chi connectivity index (χ0v) is 15.5. The maximum atomic E-state index is 13.1. The third-order valence-corrected chi connectivity index (χ3v) is 4.83. The van der Waals surface area contributed by atoms with Gasteiger partial charge in [-0.25, -0.2) is 0 Å². The van der Waals surface area contributed by atoms with E-state index in [0.717, 1.165) is 54.7 Å². The smallest absolute Gasteiger partial charge is 0.256 e. The van der Waals surface area contributed by atoms with E-state index < -0.39 is 5.60 Å². The van der Waals surface area contributed by atoms with Crippen LogP contribution < -0.4 is 10.1 Å². The zero-order valence-electron chi connectivity index (χ0n) is 15.5. The van der Waals surface area contributed by atoms with Gasteiger partial charge in [0.1, 0.15) is 11.4 Å². The van der Waals surface area contributed by atoms with Gasteiger partial charge in [0.25, 0.3) is 5.91 Å². The Morgan fingerprint density at radius 2 is 1.71 bits per heavy atom. The van der Waals surface area contributed by atoms with Gasteiger partial charge in [0.15, 0.2) is 0 Å². The molecule has 0 atom stereocenters. The highest BCUT2D eigenvalue weighted by molar-refractivity contribution is 5.97. The van der Waals surface area contributed by atoms with Gasteiger partial charge in [-0.3, -0.25) is 4.79 Å². The molecule has 134 valence electrons. The Hall–Kier alpha value is -1.55. The topological polar surface area (TPSA) is 47.6 Å². The number of amides is 1. The first-order valence-electron chi connectivity index (χ1n) is 9.13. The van der Waals surface area contributed by atoms with Gasteiger partial charge >= 0.3 is 0 Å². The number of carbonyl (C=O) groups excluding carboxylic acids is 1. The van der Waals surface area contributed by atoms with Crippen LogP contribution in [0.4, 0.5) is 5.69 Å². The Bertz CT molecular complexity index is 537. The monoisotopic (exact) mass is 333 g/mol. The predicted octanol–water partition coefficient (Wildman–Crippen LogP) is 4.77. The molecule has 1 aromatic rings. The van der Waals surface area contributed by atoms with Gasteiger partial charge in [-0.1, -0.05) is 32.6 Å². The normalized spacial score (nSPS) is 17.2. The van der Waals surface area contributed by atoms with E-state index >= 15 is 0 Å². The van der Waals surface area contributed by atoms with Crippen molar-refractivity contribution < 1.29 is 14.3 Å². The van der Waals surface area contributed by atoms with Crippen molar-refractivity contribution >= 4 is 11.6 Å². The van der Waals surface area contributed by atoms with Crippen molar-refractivity contribution in [3.63, 3.8) is 0 Å². The maximum Gasteiger partial charge on any atom is 0.256 e. The fourth-order valence-electron chi connectivity index (χ4n) is 3.62. The minimum absolute atomic E-state index is 0.00168. The lowest BCUT2D eigenvalue weighted by atomic mass is 9.92. The summed E-state index contributed by atoms with van der Waals surface area (Å²) >= 11 is 0. The lowest BCUT2D eigenvalue weighted by molar-refractivity contribution is -0.143. The molecule has 1 fully saturated rings. The van der Waals surface area contributed by atoms with Crippen LogP contribution in [0.25, 0.3) is 0 Å². The van der Waals surface area contributed by atoms with Crippen LogP contribution in [-0.2, 0) is 9.53 Å². The van der Waals surface area contributed by atoms with Crippen molar-refractivity contribution in [2.45, 2.75) is 71.3 Å². The van der Waals surface area contributed by atoms with Crippen LogP contribution in [0.5, 0.6) is 5.75 Å². The number of nitrogens with one attached hydrogen (secondary N) is 1. The molecule has 0 aromatic heterocycles. The van der Waals surface area contributed by atoms with Crippen LogP contribution >= 0.6 is 0 Å². The SMILES string of the molecule is CCCOC1(C(=O)Nc2cc(C)c(OC)c(C)c2)CCCCCC1. The largest absolute Gasteiger partial charge is 0.496 e. The Labute approximate surface area is 145 Å². The van der Waals surface area contributed by atoms with Crippen LogP contribution in [-0.4, -0.2) is 25.2 Å². The Morgan fingerprint density at radius 1 is 1.12 bits per heavy atom. The summed E-state index contributed by atoms with van der Waals surface area (Å²) in [5.74, 6) is 0.876. The third-order valence-electron chi connectivity index (χ3n) is 4.83. The highest BCUT2D eigenvalue weighted by Gasteiger charge is 2.39. The van der Waals surface area contributed by atoms with Crippen molar-refractivity contribution in [3.8, 4) is 5.75 Å². The molecular weight excluding hydrogens is 302 g/mol. The summed E-state index contributed by atoms with van der Waals surface area (Å²) in [6, 6.07) is 3.93. The first-order valence-corrected chi connectivity index (χ1v) is 9.13. The Balaban J connectivity index is 2.20. The lowest BCUT2D eigenvalue weighted by Gasteiger charge is -2.31. The molecule has 1 aliphatic rings. The van der Waals surface area contributed by atoms with Crippen molar-refractivity contribution in [1.29, 1.82) is 0 Å². The molecule has 2 rings (SSSR count). The summed E-state index contributed by atoms with van der Waals surface area (Å²) in [5.41, 5.74) is 2.20. The lowest BCUT2D eigenvalue weighted by Crippen LogP contribution is -2.45. The molecule has 1 saturated carbocycles. The van der Waals surface area contributed by atoms with E-state index in [9.17, 15) is 4.79 Å². The van der Waals surface area contributed by atoms with Crippen LogP contribution in [0.3, 0.4) is 0 Å². The zero-order chi connectivity index (χ0) is 17.6. The number of aryl methyl sites for hydroxylation is 2. The maximum absolute atomic E-state index is 13.1. The van der Waals surface area contributed by atoms with E-state index in [1.807, 2.05) is 26.0 Å². The summed E-state index contributed by atoms with van der Waals surface area (Å²) < 4.78 is 11.5. The molecule has 0 bridgehead atoms. The quantitative estimate of drug-likeness (QED) is 0.763. The number of hydrogen-bond donors (Lipinski definition) is 1. The highest BCUT2D eigenvalue weighted by atomic mass is 16.5. The van der Waals surface area contributed by atoms with Crippen LogP contribution in [0.15, 0.2) is 12.1 Å². The number of benzene rings is 1. The van der Waals surface area contributed by atoms with Crippen molar-refractivity contribution in [3.05, 3.63) is 23.3 Å².